The van der Waals surface area contributed by atoms with Gasteiger partial charge in [0.2, 0.25) is 0 Å². The highest BCUT2D eigenvalue weighted by Crippen LogP contribution is 2.17. The molecule has 9 heteroatoms. The van der Waals surface area contributed by atoms with Crippen molar-refractivity contribution in [1.82, 2.24) is 25.0 Å². The molecule has 1 aromatic carbocycles. The smallest absolute Gasteiger partial charge is 0.194 e. The number of hydrogen-bond acceptors (Lipinski definition) is 4. The number of guanidine groups is 1. The second-order valence-electron chi connectivity index (χ2n) is 7.35. The molecule has 7 nitrogen and oxygen atoms in total. The molecule has 29 heavy (non-hydrogen) atoms. The standard InChI is InChI=1S/C20H28FN7.HI/c1-22-20(23-15-19-25-24-18-5-3-2-4-10-28(18)19)27-13-11-26(12-14-27)17-8-6-16(21)7-9-17;/h6-9H,2-5,10-15H2,1H3,(H,22,23);1H. The lowest BCUT2D eigenvalue weighted by Gasteiger charge is -2.37. The van der Waals surface area contributed by atoms with E-state index in [4.69, 9.17) is 0 Å². The van der Waals surface area contributed by atoms with Crippen molar-refractivity contribution in [3.63, 3.8) is 0 Å². The topological polar surface area (TPSA) is 61.6 Å². The van der Waals surface area contributed by atoms with E-state index in [9.17, 15) is 4.39 Å². The molecule has 4 rings (SSSR count). The summed E-state index contributed by atoms with van der Waals surface area (Å²) < 4.78 is 15.4. The Kier molecular flexibility index (Phi) is 7.68. The van der Waals surface area contributed by atoms with Crippen molar-refractivity contribution in [3.8, 4) is 0 Å². The number of aliphatic imine (C=N–C) groups is 1. The van der Waals surface area contributed by atoms with Crippen molar-refractivity contribution in [3.05, 3.63) is 41.7 Å². The van der Waals surface area contributed by atoms with E-state index in [0.29, 0.717) is 6.54 Å². The van der Waals surface area contributed by atoms with E-state index < -0.39 is 0 Å². The molecule has 2 aromatic rings. The molecule has 0 saturated carbocycles. The molecule has 2 aliphatic rings. The first-order valence-corrected chi connectivity index (χ1v) is 10.1. The minimum absolute atomic E-state index is 0. The zero-order valence-corrected chi connectivity index (χ0v) is 19.2. The number of aryl methyl sites for hydroxylation is 1. The van der Waals surface area contributed by atoms with Gasteiger partial charge in [0, 0.05) is 51.9 Å². The number of benzene rings is 1. The maximum atomic E-state index is 13.1. The molecule has 0 radical (unpaired) electrons. The molecule has 1 saturated heterocycles. The number of nitrogens with zero attached hydrogens (tertiary/aromatic N) is 6. The van der Waals surface area contributed by atoms with Gasteiger partial charge in [0.1, 0.15) is 11.6 Å². The summed E-state index contributed by atoms with van der Waals surface area (Å²) in [5.41, 5.74) is 1.06. The fourth-order valence-corrected chi connectivity index (χ4v) is 3.99. The average Bonchev–Trinajstić information content (AvgIpc) is 2.95. The van der Waals surface area contributed by atoms with Crippen molar-refractivity contribution < 1.29 is 4.39 Å². The molecule has 0 unspecified atom stereocenters. The van der Waals surface area contributed by atoms with E-state index in [1.807, 2.05) is 19.2 Å². The van der Waals surface area contributed by atoms with Gasteiger partial charge in [-0.25, -0.2) is 4.39 Å². The molecule has 0 amide bonds. The summed E-state index contributed by atoms with van der Waals surface area (Å²) in [6.07, 6.45) is 4.67. The second kappa shape index (κ2) is 10.2. The van der Waals surface area contributed by atoms with Crippen LogP contribution in [0.4, 0.5) is 10.1 Å². The number of fused-ring (bicyclic) bond motifs is 1. The van der Waals surface area contributed by atoms with Crippen LogP contribution in [0.3, 0.4) is 0 Å². The Morgan fingerprint density at radius 2 is 1.79 bits per heavy atom. The summed E-state index contributed by atoms with van der Waals surface area (Å²) in [7, 11) is 1.82. The zero-order valence-electron chi connectivity index (χ0n) is 16.8. The van der Waals surface area contributed by atoms with Crippen molar-refractivity contribution >= 4 is 35.6 Å². The van der Waals surface area contributed by atoms with E-state index in [1.54, 1.807) is 0 Å². The van der Waals surface area contributed by atoms with Crippen molar-refractivity contribution in [2.24, 2.45) is 4.99 Å². The van der Waals surface area contributed by atoms with Crippen LogP contribution in [0.25, 0.3) is 0 Å². The normalized spacial score (nSPS) is 17.4. The monoisotopic (exact) mass is 513 g/mol. The lowest BCUT2D eigenvalue weighted by atomic mass is 10.2. The fourth-order valence-electron chi connectivity index (χ4n) is 3.99. The Labute approximate surface area is 188 Å². The minimum Gasteiger partial charge on any atom is -0.368 e. The third-order valence-corrected chi connectivity index (χ3v) is 5.57. The van der Waals surface area contributed by atoms with Gasteiger partial charge in [0.05, 0.1) is 6.54 Å². The first kappa shape index (κ1) is 21.8. The Bertz CT molecular complexity index is 813. The number of anilines is 1. The summed E-state index contributed by atoms with van der Waals surface area (Å²) in [5.74, 6) is 2.79. The molecular formula is C20H29FIN7. The quantitative estimate of drug-likeness (QED) is 0.389. The number of halogens is 2. The highest BCUT2D eigenvalue weighted by molar-refractivity contribution is 14.0. The van der Waals surface area contributed by atoms with E-state index in [1.165, 1.54) is 31.4 Å². The van der Waals surface area contributed by atoms with Gasteiger partial charge in [-0.1, -0.05) is 6.42 Å². The third kappa shape index (κ3) is 5.18. The Morgan fingerprint density at radius 1 is 1.03 bits per heavy atom. The molecule has 0 atom stereocenters. The van der Waals surface area contributed by atoms with Gasteiger partial charge in [-0.3, -0.25) is 4.99 Å². The van der Waals surface area contributed by atoms with Crippen LogP contribution in [0.2, 0.25) is 0 Å². The van der Waals surface area contributed by atoms with Crippen LogP contribution in [0.5, 0.6) is 0 Å². The molecule has 158 valence electrons. The van der Waals surface area contributed by atoms with Gasteiger partial charge in [-0.2, -0.15) is 0 Å². The van der Waals surface area contributed by atoms with Gasteiger partial charge >= 0.3 is 0 Å². The van der Waals surface area contributed by atoms with Crippen molar-refractivity contribution in [1.29, 1.82) is 0 Å². The highest BCUT2D eigenvalue weighted by Gasteiger charge is 2.21. The van der Waals surface area contributed by atoms with Gasteiger partial charge in [-0.05, 0) is 37.1 Å². The van der Waals surface area contributed by atoms with Crippen LogP contribution in [0.15, 0.2) is 29.3 Å². The average molecular weight is 513 g/mol. The first-order chi connectivity index (χ1) is 13.7. The lowest BCUT2D eigenvalue weighted by molar-refractivity contribution is 0.371. The van der Waals surface area contributed by atoms with E-state index >= 15 is 0 Å². The number of hydrogen-bond donors (Lipinski definition) is 1. The molecule has 1 aromatic heterocycles. The van der Waals surface area contributed by atoms with Crippen LogP contribution in [-0.4, -0.2) is 58.9 Å². The third-order valence-electron chi connectivity index (χ3n) is 5.57. The molecule has 2 aliphatic heterocycles. The van der Waals surface area contributed by atoms with Gasteiger partial charge in [-0.15, -0.1) is 34.2 Å². The molecule has 3 heterocycles. The van der Waals surface area contributed by atoms with Gasteiger partial charge < -0.3 is 19.7 Å². The number of aromatic nitrogens is 3. The molecular weight excluding hydrogens is 484 g/mol. The summed E-state index contributed by atoms with van der Waals surface area (Å²) in [4.78, 5) is 9.00. The zero-order chi connectivity index (χ0) is 19.3. The maximum absolute atomic E-state index is 13.1. The Hall–Kier alpha value is -1.91. The van der Waals surface area contributed by atoms with Crippen molar-refractivity contribution in [2.75, 3.05) is 38.1 Å². The lowest BCUT2D eigenvalue weighted by Crippen LogP contribution is -2.52. The van der Waals surface area contributed by atoms with Crippen LogP contribution in [-0.2, 0) is 19.5 Å². The minimum atomic E-state index is -0.196. The predicted octanol–water partition coefficient (Wildman–Crippen LogP) is 2.66. The summed E-state index contributed by atoms with van der Waals surface area (Å²) in [6, 6.07) is 6.72. The molecule has 0 aliphatic carbocycles. The number of rotatable bonds is 3. The fraction of sp³-hybridized carbons (Fsp3) is 0.550. The van der Waals surface area contributed by atoms with Crippen LogP contribution >= 0.6 is 24.0 Å². The Balaban J connectivity index is 0.00000240. The van der Waals surface area contributed by atoms with Crippen LogP contribution in [0, 0.1) is 5.82 Å². The highest BCUT2D eigenvalue weighted by atomic mass is 127. The first-order valence-electron chi connectivity index (χ1n) is 10.1. The molecule has 0 spiro atoms. The molecule has 0 bridgehead atoms. The SMILES string of the molecule is CN=C(NCc1nnc2n1CCCCC2)N1CCN(c2ccc(F)cc2)CC1.I. The van der Waals surface area contributed by atoms with Gasteiger partial charge in [0.25, 0.3) is 0 Å². The summed E-state index contributed by atoms with van der Waals surface area (Å²) in [5, 5.41) is 12.2. The molecule has 1 fully saturated rings. The second-order valence-corrected chi connectivity index (χ2v) is 7.35. The van der Waals surface area contributed by atoms with E-state index in [-0.39, 0.29) is 29.8 Å². The summed E-state index contributed by atoms with van der Waals surface area (Å²) >= 11 is 0. The number of piperazine rings is 1. The van der Waals surface area contributed by atoms with Crippen LogP contribution < -0.4 is 10.2 Å². The molecule has 1 N–H and O–H groups in total. The van der Waals surface area contributed by atoms with E-state index in [0.717, 1.165) is 62.4 Å². The number of nitrogens with one attached hydrogen (secondary N) is 1. The van der Waals surface area contributed by atoms with E-state index in [2.05, 4.69) is 34.9 Å². The largest absolute Gasteiger partial charge is 0.368 e. The maximum Gasteiger partial charge on any atom is 0.194 e. The summed E-state index contributed by atoms with van der Waals surface area (Å²) in [6.45, 7) is 5.15. The predicted molar refractivity (Wildman–Crippen MR) is 123 cm³/mol. The Morgan fingerprint density at radius 3 is 2.52 bits per heavy atom. The van der Waals surface area contributed by atoms with Crippen molar-refractivity contribution in [2.45, 2.75) is 38.8 Å². The van der Waals surface area contributed by atoms with Crippen LogP contribution in [0.1, 0.15) is 30.9 Å². The van der Waals surface area contributed by atoms with Gasteiger partial charge in [0.15, 0.2) is 11.8 Å².